The molecule has 1 aromatic carbocycles. The zero-order valence-corrected chi connectivity index (χ0v) is 8.33. The van der Waals surface area contributed by atoms with Crippen LogP contribution in [0.1, 0.15) is 11.1 Å². The van der Waals surface area contributed by atoms with Crippen molar-refractivity contribution in [1.82, 2.24) is 0 Å². The van der Waals surface area contributed by atoms with Gasteiger partial charge < -0.3 is 16.2 Å². The van der Waals surface area contributed by atoms with Gasteiger partial charge in [0.2, 0.25) is 0 Å². The van der Waals surface area contributed by atoms with Crippen molar-refractivity contribution in [2.24, 2.45) is 0 Å². The third-order valence-electron chi connectivity index (χ3n) is 2.08. The second kappa shape index (κ2) is 4.00. The molecular weight excluding hydrogens is 180 g/mol. The van der Waals surface area contributed by atoms with Crippen LogP contribution in [-0.2, 0) is 16.0 Å². The van der Waals surface area contributed by atoms with E-state index in [2.05, 4.69) is 4.74 Å². The molecule has 4 nitrogen and oxygen atoms in total. The van der Waals surface area contributed by atoms with E-state index < -0.39 is 0 Å². The summed E-state index contributed by atoms with van der Waals surface area (Å²) in [5, 5.41) is 0. The summed E-state index contributed by atoms with van der Waals surface area (Å²) >= 11 is 0. The third kappa shape index (κ3) is 2.16. The van der Waals surface area contributed by atoms with E-state index in [0.29, 0.717) is 11.4 Å². The summed E-state index contributed by atoms with van der Waals surface area (Å²) in [6.45, 7) is 1.87. The van der Waals surface area contributed by atoms with Crippen molar-refractivity contribution in [1.29, 1.82) is 0 Å². The molecule has 0 aliphatic rings. The summed E-state index contributed by atoms with van der Waals surface area (Å²) in [5.74, 6) is -0.301. The van der Waals surface area contributed by atoms with Gasteiger partial charge in [-0.1, -0.05) is 0 Å². The number of anilines is 2. The maximum absolute atomic E-state index is 11.1. The number of ether oxygens (including phenoxy) is 1. The standard InChI is InChI=1S/C10H14N2O2/c1-6-3-7(11)4-9(12)8(6)5-10(13)14-2/h3-4H,5,11-12H2,1-2H3. The lowest BCUT2D eigenvalue weighted by Crippen LogP contribution is -2.09. The maximum Gasteiger partial charge on any atom is 0.310 e. The van der Waals surface area contributed by atoms with Crippen LogP contribution in [0.3, 0.4) is 0 Å². The smallest absolute Gasteiger partial charge is 0.310 e. The Bertz CT molecular complexity index is 338. The highest BCUT2D eigenvalue weighted by molar-refractivity contribution is 5.76. The summed E-state index contributed by atoms with van der Waals surface area (Å²) in [5.41, 5.74) is 14.2. The summed E-state index contributed by atoms with van der Waals surface area (Å²) in [6, 6.07) is 3.43. The van der Waals surface area contributed by atoms with Crippen molar-refractivity contribution in [3.8, 4) is 0 Å². The third-order valence-corrected chi connectivity index (χ3v) is 2.08. The zero-order chi connectivity index (χ0) is 10.7. The van der Waals surface area contributed by atoms with Crippen LogP contribution in [0.5, 0.6) is 0 Å². The minimum absolute atomic E-state index is 0.189. The molecule has 0 spiro atoms. The number of nitrogens with two attached hydrogens (primary N) is 2. The highest BCUT2D eigenvalue weighted by atomic mass is 16.5. The van der Waals surface area contributed by atoms with Crippen molar-refractivity contribution >= 4 is 17.3 Å². The Morgan fingerprint density at radius 2 is 2.07 bits per heavy atom. The van der Waals surface area contributed by atoms with Crippen LogP contribution < -0.4 is 11.5 Å². The Kier molecular flexibility index (Phi) is 2.96. The van der Waals surface area contributed by atoms with Crippen molar-refractivity contribution < 1.29 is 9.53 Å². The Hall–Kier alpha value is -1.71. The molecule has 0 aromatic heterocycles. The SMILES string of the molecule is COC(=O)Cc1c(C)cc(N)cc1N. The molecular formula is C10H14N2O2. The van der Waals surface area contributed by atoms with Crippen molar-refractivity contribution in [2.75, 3.05) is 18.6 Å². The molecule has 1 aromatic rings. The molecule has 0 aliphatic heterocycles. The quantitative estimate of drug-likeness (QED) is 0.541. The van der Waals surface area contributed by atoms with Crippen molar-refractivity contribution in [3.05, 3.63) is 23.3 Å². The largest absolute Gasteiger partial charge is 0.469 e. The Labute approximate surface area is 82.8 Å². The van der Waals surface area contributed by atoms with Crippen LogP contribution >= 0.6 is 0 Å². The van der Waals surface area contributed by atoms with Gasteiger partial charge in [0.1, 0.15) is 0 Å². The predicted octanol–water partition coefficient (Wildman–Crippen LogP) is 0.875. The summed E-state index contributed by atoms with van der Waals surface area (Å²) < 4.78 is 4.57. The molecule has 0 bridgehead atoms. The van der Waals surface area contributed by atoms with E-state index in [-0.39, 0.29) is 12.4 Å². The molecule has 0 amide bonds. The molecule has 1 rings (SSSR count). The summed E-state index contributed by atoms with van der Waals surface area (Å²) in [7, 11) is 1.35. The van der Waals surface area contributed by atoms with Gasteiger partial charge in [-0.3, -0.25) is 4.79 Å². The van der Waals surface area contributed by atoms with E-state index in [1.165, 1.54) is 7.11 Å². The van der Waals surface area contributed by atoms with E-state index >= 15 is 0 Å². The second-order valence-corrected chi connectivity index (χ2v) is 3.16. The lowest BCUT2D eigenvalue weighted by atomic mass is 10.0. The number of hydrogen-bond acceptors (Lipinski definition) is 4. The van der Waals surface area contributed by atoms with Gasteiger partial charge in [-0.15, -0.1) is 0 Å². The van der Waals surface area contributed by atoms with E-state index in [0.717, 1.165) is 11.1 Å². The maximum atomic E-state index is 11.1. The topological polar surface area (TPSA) is 78.3 Å². The Balaban J connectivity index is 3.02. The minimum atomic E-state index is -0.301. The lowest BCUT2D eigenvalue weighted by Gasteiger charge is -2.09. The van der Waals surface area contributed by atoms with Crippen LogP contribution in [0.15, 0.2) is 12.1 Å². The molecule has 0 fully saturated rings. The van der Waals surface area contributed by atoms with Gasteiger partial charge in [-0.2, -0.15) is 0 Å². The molecule has 0 aliphatic carbocycles. The number of esters is 1. The number of carbonyl (C=O) groups excluding carboxylic acids is 1. The fraction of sp³-hybridized carbons (Fsp3) is 0.300. The van der Waals surface area contributed by atoms with E-state index in [1.54, 1.807) is 12.1 Å². The normalized spacial score (nSPS) is 9.86. The van der Waals surface area contributed by atoms with Gasteiger partial charge in [0.25, 0.3) is 0 Å². The number of carbonyl (C=O) groups is 1. The Morgan fingerprint density at radius 1 is 1.43 bits per heavy atom. The molecule has 0 atom stereocenters. The van der Waals surface area contributed by atoms with E-state index in [1.807, 2.05) is 6.92 Å². The number of benzene rings is 1. The molecule has 0 heterocycles. The number of hydrogen-bond donors (Lipinski definition) is 2. The summed E-state index contributed by atoms with van der Waals surface area (Å²) in [4.78, 5) is 11.1. The average Bonchev–Trinajstić information content (AvgIpc) is 2.10. The van der Waals surface area contributed by atoms with Crippen LogP contribution in [-0.4, -0.2) is 13.1 Å². The fourth-order valence-corrected chi connectivity index (χ4v) is 1.33. The van der Waals surface area contributed by atoms with Crippen LogP contribution in [0.2, 0.25) is 0 Å². The second-order valence-electron chi connectivity index (χ2n) is 3.16. The first-order valence-corrected chi connectivity index (χ1v) is 4.26. The van der Waals surface area contributed by atoms with Crippen molar-refractivity contribution in [3.63, 3.8) is 0 Å². The number of methoxy groups -OCH3 is 1. The molecule has 4 N–H and O–H groups in total. The fourth-order valence-electron chi connectivity index (χ4n) is 1.33. The van der Waals surface area contributed by atoms with Gasteiger partial charge >= 0.3 is 5.97 Å². The van der Waals surface area contributed by atoms with Gasteiger partial charge in [-0.25, -0.2) is 0 Å². The first kappa shape index (κ1) is 10.4. The molecule has 0 saturated heterocycles. The molecule has 76 valence electrons. The molecule has 14 heavy (non-hydrogen) atoms. The zero-order valence-electron chi connectivity index (χ0n) is 8.33. The monoisotopic (exact) mass is 194 g/mol. The average molecular weight is 194 g/mol. The van der Waals surface area contributed by atoms with Gasteiger partial charge in [0.05, 0.1) is 13.5 Å². The first-order chi connectivity index (χ1) is 6.54. The molecule has 0 radical (unpaired) electrons. The molecule has 0 saturated carbocycles. The van der Waals surface area contributed by atoms with E-state index in [4.69, 9.17) is 11.5 Å². The number of nitrogen functional groups attached to an aromatic ring is 2. The highest BCUT2D eigenvalue weighted by Crippen LogP contribution is 2.21. The van der Waals surface area contributed by atoms with Crippen molar-refractivity contribution in [2.45, 2.75) is 13.3 Å². The van der Waals surface area contributed by atoms with Crippen LogP contribution in [0, 0.1) is 6.92 Å². The van der Waals surface area contributed by atoms with Gasteiger partial charge in [0.15, 0.2) is 0 Å². The van der Waals surface area contributed by atoms with Gasteiger partial charge in [-0.05, 0) is 30.2 Å². The summed E-state index contributed by atoms with van der Waals surface area (Å²) in [6.07, 6.45) is 0.189. The lowest BCUT2D eigenvalue weighted by molar-refractivity contribution is -0.139. The molecule has 0 unspecified atom stereocenters. The number of rotatable bonds is 2. The van der Waals surface area contributed by atoms with Crippen LogP contribution in [0.25, 0.3) is 0 Å². The first-order valence-electron chi connectivity index (χ1n) is 4.26. The predicted molar refractivity (Wildman–Crippen MR) is 55.7 cm³/mol. The molecule has 4 heteroatoms. The van der Waals surface area contributed by atoms with Gasteiger partial charge in [0, 0.05) is 11.4 Å². The highest BCUT2D eigenvalue weighted by Gasteiger charge is 2.09. The van der Waals surface area contributed by atoms with Crippen LogP contribution in [0.4, 0.5) is 11.4 Å². The van der Waals surface area contributed by atoms with E-state index in [9.17, 15) is 4.79 Å². The Morgan fingerprint density at radius 3 is 2.57 bits per heavy atom. The number of aryl methyl sites for hydroxylation is 1. The minimum Gasteiger partial charge on any atom is -0.469 e.